The summed E-state index contributed by atoms with van der Waals surface area (Å²) in [4.78, 5) is 42.3. The van der Waals surface area contributed by atoms with Gasteiger partial charge < -0.3 is 29.4 Å². The fraction of sp³-hybridized carbons (Fsp3) is 0.266. The van der Waals surface area contributed by atoms with Crippen LogP contribution in [-0.4, -0.2) is 31.5 Å². The number of carbonyl (C=O) groups is 2. The number of fused-ring (bicyclic) bond motifs is 18. The van der Waals surface area contributed by atoms with E-state index in [1.54, 1.807) is 0 Å². The summed E-state index contributed by atoms with van der Waals surface area (Å²) in [5.41, 5.74) is 17.3. The van der Waals surface area contributed by atoms with Gasteiger partial charge in [0, 0.05) is 90.6 Å². The van der Waals surface area contributed by atoms with Crippen molar-refractivity contribution in [3.63, 3.8) is 0 Å². The maximum atomic E-state index is 13.3. The van der Waals surface area contributed by atoms with Gasteiger partial charge in [0.25, 0.3) is 0 Å². The van der Waals surface area contributed by atoms with Gasteiger partial charge in [-0.2, -0.15) is 0 Å². The van der Waals surface area contributed by atoms with Crippen LogP contribution in [0.4, 0.5) is 0 Å². The second-order valence-corrected chi connectivity index (χ2v) is 26.3. The highest BCUT2D eigenvalue weighted by Crippen LogP contribution is 2.60. The van der Waals surface area contributed by atoms with Crippen molar-refractivity contribution in [3.8, 4) is 23.0 Å². The van der Waals surface area contributed by atoms with Crippen molar-refractivity contribution in [2.24, 2.45) is 35.0 Å². The second-order valence-electron chi connectivity index (χ2n) is 26.3. The lowest BCUT2D eigenvalue weighted by Crippen LogP contribution is -2.42. The number of carbonyl (C=O) groups excluding carboxylic acids is 2. The van der Waals surface area contributed by atoms with Crippen LogP contribution in [0.25, 0.3) is 22.3 Å². The molecule has 430 valence electrons. The van der Waals surface area contributed by atoms with Crippen molar-refractivity contribution < 1.29 is 19.1 Å². The number of H-pyrrole nitrogens is 4. The van der Waals surface area contributed by atoms with Crippen LogP contribution in [0.1, 0.15) is 150 Å². The zero-order chi connectivity index (χ0) is 57.9. The van der Waals surface area contributed by atoms with Gasteiger partial charge in [-0.25, -0.2) is 0 Å². The minimum Gasteiger partial charge on any atom is -0.457 e. The highest BCUT2D eigenvalue weighted by atomic mass is 16.5. The number of hydrogen-bond donors (Lipinski definition) is 4. The standard InChI is InChI=1S/C79H70N4O4/c1-79-43-42-58-54-27-23-52(45-50(54)21-25-59(58)61(79)31-41-73(79)85)87-72-19-11-18-71(86-51-22-26-53-49(44-51)20-24-56-55(53)28-29-60-57(56)30-40-70(60)84)78(72)77-68-38-36-66(82-68)75(47-14-7-3-8-15-47)64-34-32-62(80-64)74(46-12-5-2-6-13-46)63-33-35-65(81-63)76(48-16-9-4-10-17-48)67-37-39-69(77)83-67/h2-19,22-23,26-27,32-39,44-45,55-61,80-83H,20-21,24-25,28-31,40-43H2,1H3/t55-,56-,57+,58-,59-,60+,61+,79+/m1/s1. The molecule has 0 spiro atoms. The summed E-state index contributed by atoms with van der Waals surface area (Å²) in [5.74, 6) is 7.16. The molecule has 8 atom stereocenters. The van der Waals surface area contributed by atoms with E-state index >= 15 is 0 Å². The number of aromatic amines is 4. The van der Waals surface area contributed by atoms with Gasteiger partial charge in [-0.05, 0) is 224 Å². The summed E-state index contributed by atoms with van der Waals surface area (Å²) >= 11 is 0. The van der Waals surface area contributed by atoms with Crippen LogP contribution in [0.15, 0.2) is 194 Å². The first-order valence-electron chi connectivity index (χ1n) is 32.0. The summed E-state index contributed by atoms with van der Waals surface area (Å²) in [6.07, 6.45) is 11.8. The van der Waals surface area contributed by atoms with Gasteiger partial charge in [-0.15, -0.1) is 0 Å². The van der Waals surface area contributed by atoms with Gasteiger partial charge in [-0.1, -0.05) is 116 Å². The highest BCUT2D eigenvalue weighted by Gasteiger charge is 2.55. The molecule has 0 unspecified atom stereocenters. The first-order valence-corrected chi connectivity index (χ1v) is 32.0. The van der Waals surface area contributed by atoms with Gasteiger partial charge in [0.15, 0.2) is 0 Å². The number of benzene rings is 6. The van der Waals surface area contributed by atoms with Gasteiger partial charge >= 0.3 is 0 Å². The van der Waals surface area contributed by atoms with Crippen LogP contribution in [0.5, 0.6) is 23.0 Å². The van der Waals surface area contributed by atoms with Gasteiger partial charge in [-0.3, -0.25) is 9.59 Å². The van der Waals surface area contributed by atoms with E-state index in [-0.39, 0.29) is 11.3 Å². The van der Waals surface area contributed by atoms with E-state index in [0.29, 0.717) is 58.6 Å². The number of ketones is 2. The Morgan fingerprint density at radius 2 is 0.839 bits per heavy atom. The molecule has 1 aliphatic heterocycles. The molecule has 17 rings (SSSR count). The second kappa shape index (κ2) is 20.8. The van der Waals surface area contributed by atoms with E-state index in [9.17, 15) is 9.59 Å². The summed E-state index contributed by atoms with van der Waals surface area (Å²) in [6, 6.07) is 69.5. The maximum absolute atomic E-state index is 13.3. The van der Waals surface area contributed by atoms with Gasteiger partial charge in [0.2, 0.25) is 0 Å². The molecule has 8 bridgehead atoms. The largest absolute Gasteiger partial charge is 0.457 e. The average molecular weight is 1140 g/mol. The molecule has 4 saturated carbocycles. The Morgan fingerprint density at radius 3 is 1.37 bits per heavy atom. The third-order valence-electron chi connectivity index (χ3n) is 22.0. The van der Waals surface area contributed by atoms with Crippen molar-refractivity contribution in [1.82, 2.24) is 19.9 Å². The minimum absolute atomic E-state index is 0.169. The zero-order valence-electron chi connectivity index (χ0n) is 49.1. The molecule has 0 saturated heterocycles. The van der Waals surface area contributed by atoms with Gasteiger partial charge in [0.1, 0.15) is 34.6 Å². The van der Waals surface area contributed by atoms with Crippen molar-refractivity contribution in [3.05, 3.63) is 283 Å². The van der Waals surface area contributed by atoms with E-state index in [1.807, 2.05) is 0 Å². The fourth-order valence-electron chi connectivity index (χ4n) is 18.0. The Balaban J connectivity index is 0.867. The fourth-order valence-corrected chi connectivity index (χ4v) is 18.0. The summed E-state index contributed by atoms with van der Waals surface area (Å²) < 4.78 is 14.8. The Bertz CT molecular complexity index is 4660. The lowest BCUT2D eigenvalue weighted by molar-refractivity contribution is -0.129. The number of aryl methyl sites for hydroxylation is 2. The first kappa shape index (κ1) is 52.2. The number of aromatic nitrogens is 4. The van der Waals surface area contributed by atoms with Crippen LogP contribution in [-0.2, 0) is 22.4 Å². The highest BCUT2D eigenvalue weighted by molar-refractivity contribution is 5.89. The van der Waals surface area contributed by atoms with Crippen LogP contribution < -0.4 is 30.9 Å². The number of nitrogens with one attached hydrogen (secondary N) is 4. The topological polar surface area (TPSA) is 116 Å². The zero-order valence-corrected chi connectivity index (χ0v) is 49.1. The molecule has 4 aromatic heterocycles. The van der Waals surface area contributed by atoms with Gasteiger partial charge in [0.05, 0.1) is 5.56 Å². The van der Waals surface area contributed by atoms with E-state index < -0.39 is 0 Å². The minimum atomic E-state index is -0.169. The van der Waals surface area contributed by atoms with Crippen molar-refractivity contribution in [2.75, 3.05) is 0 Å². The van der Waals surface area contributed by atoms with Crippen LogP contribution >= 0.6 is 0 Å². The van der Waals surface area contributed by atoms with Crippen molar-refractivity contribution in [1.29, 1.82) is 0 Å². The number of rotatable bonds is 8. The Kier molecular flexibility index (Phi) is 12.5. The predicted octanol–water partition coefficient (Wildman–Crippen LogP) is 14.3. The smallest absolute Gasteiger partial charge is 0.139 e. The third kappa shape index (κ3) is 8.75. The lowest BCUT2D eigenvalue weighted by atomic mass is 9.55. The Labute approximate surface area is 506 Å². The normalized spacial score (nSPS) is 24.4. The number of hydrogen-bond acceptors (Lipinski definition) is 4. The molecule has 87 heavy (non-hydrogen) atoms. The summed E-state index contributed by atoms with van der Waals surface area (Å²) in [6.45, 7) is 2.26. The first-order chi connectivity index (χ1) is 42.8. The average Bonchev–Trinajstić information content (AvgIpc) is 1.88. The van der Waals surface area contributed by atoms with Crippen LogP contribution in [0.2, 0.25) is 0 Å². The number of ether oxygens (including phenoxy) is 2. The van der Waals surface area contributed by atoms with E-state index in [1.165, 1.54) is 22.3 Å². The molecule has 6 aromatic carbocycles. The SMILES string of the molecule is C[C@]12CC[C@@H]3c4ccc(Oc5cccc(Oc6ccc7c(c6)CC[C@H]6[C@@H]8CCC(=O)[C@H]8CC[C@H]76)c5C5=c6ccc([nH]6)=C(c6ccccc6)c6ccc([nH]6)C(c6ccccc6)=c6ccc([nH]6)=C(c6ccccc6)c6ccc5[nH]6)cc4CC[C@H]3[C@@H]1CCC2=O. The molecule has 8 nitrogen and oxygen atoms in total. The molecule has 7 aliphatic rings. The molecular formula is C79H70N4O4. The number of Topliss-reactive ketones (excluding diaryl/α,β-unsaturated/α-hetero) is 2. The molecule has 10 aromatic rings. The Morgan fingerprint density at radius 1 is 0.391 bits per heavy atom. The molecule has 0 radical (unpaired) electrons. The van der Waals surface area contributed by atoms with Crippen LogP contribution in [0.3, 0.4) is 0 Å². The van der Waals surface area contributed by atoms with Crippen molar-refractivity contribution in [2.45, 2.75) is 95.8 Å². The van der Waals surface area contributed by atoms with Crippen molar-refractivity contribution >= 4 is 33.9 Å². The van der Waals surface area contributed by atoms with E-state index in [0.717, 1.165) is 177 Å². The molecule has 0 amide bonds. The summed E-state index contributed by atoms with van der Waals surface area (Å²) in [7, 11) is 0. The molecule has 8 heteroatoms. The van der Waals surface area contributed by atoms with Crippen LogP contribution in [0, 0.1) is 35.0 Å². The lowest BCUT2D eigenvalue weighted by Gasteiger charge is -2.48. The Hall–Kier alpha value is -9.14. The molecule has 4 N–H and O–H groups in total. The van der Waals surface area contributed by atoms with E-state index in [4.69, 9.17) is 9.47 Å². The molecule has 6 aliphatic carbocycles. The third-order valence-corrected chi connectivity index (χ3v) is 22.0. The molecule has 5 heterocycles. The van der Waals surface area contributed by atoms with E-state index in [2.05, 4.69) is 221 Å². The predicted molar refractivity (Wildman–Crippen MR) is 342 cm³/mol. The summed E-state index contributed by atoms with van der Waals surface area (Å²) in [5, 5.41) is 3.80. The quantitative estimate of drug-likeness (QED) is 0.121. The monoisotopic (exact) mass is 1140 g/mol. The molecule has 4 fully saturated rings. The molecular weight excluding hydrogens is 1070 g/mol. The maximum Gasteiger partial charge on any atom is 0.139 e.